The first-order chi connectivity index (χ1) is 5.49. The van der Waals surface area contributed by atoms with Crippen LogP contribution in [0.2, 0.25) is 0 Å². The summed E-state index contributed by atoms with van der Waals surface area (Å²) < 4.78 is 4.86. The minimum atomic E-state index is -0.757. The summed E-state index contributed by atoms with van der Waals surface area (Å²) >= 11 is 0. The molecule has 2 atom stereocenters. The molecule has 5 heteroatoms. The highest BCUT2D eigenvalue weighted by Gasteiger charge is 2.22. The molecular formula is C7H14N2O3. The molecular weight excluding hydrogens is 160 g/mol. The molecule has 12 heavy (non-hydrogen) atoms. The van der Waals surface area contributed by atoms with Gasteiger partial charge in [-0.05, 0) is 6.92 Å². The number of carbonyl (C=O) groups excluding carboxylic acids is 2. The van der Waals surface area contributed by atoms with Crippen LogP contribution >= 0.6 is 0 Å². The molecule has 0 aromatic heterocycles. The molecule has 0 aromatic carbocycles. The zero-order valence-corrected chi connectivity index (χ0v) is 7.46. The van der Waals surface area contributed by atoms with Crippen molar-refractivity contribution in [2.45, 2.75) is 26.0 Å². The van der Waals surface area contributed by atoms with Crippen molar-refractivity contribution in [3.05, 3.63) is 0 Å². The van der Waals surface area contributed by atoms with Crippen LogP contribution in [0.25, 0.3) is 0 Å². The molecule has 0 rings (SSSR count). The molecule has 0 aromatic rings. The van der Waals surface area contributed by atoms with Gasteiger partial charge in [-0.25, -0.2) is 0 Å². The molecule has 5 nitrogen and oxygen atoms in total. The van der Waals surface area contributed by atoms with Crippen LogP contribution in [0.4, 0.5) is 0 Å². The van der Waals surface area contributed by atoms with Crippen LogP contribution in [0.1, 0.15) is 13.8 Å². The topological polar surface area (TPSA) is 81.4 Å². The minimum absolute atomic E-state index is 0.303. The maximum Gasteiger partial charge on any atom is 0.242 e. The predicted octanol–water partition coefficient (Wildman–Crippen LogP) is -0.989. The SMILES string of the molecule is COC(C)C(NC(C)=O)C(N)=O. The highest BCUT2D eigenvalue weighted by molar-refractivity contribution is 5.86. The van der Waals surface area contributed by atoms with Crippen molar-refractivity contribution in [3.8, 4) is 0 Å². The average molecular weight is 174 g/mol. The second-order valence-corrected chi connectivity index (χ2v) is 2.52. The van der Waals surface area contributed by atoms with Gasteiger partial charge in [0.05, 0.1) is 6.10 Å². The number of ether oxygens (including phenoxy) is 1. The van der Waals surface area contributed by atoms with Crippen LogP contribution in [0.3, 0.4) is 0 Å². The van der Waals surface area contributed by atoms with Gasteiger partial charge in [-0.3, -0.25) is 9.59 Å². The Morgan fingerprint density at radius 2 is 2.00 bits per heavy atom. The van der Waals surface area contributed by atoms with Gasteiger partial charge < -0.3 is 15.8 Å². The second kappa shape index (κ2) is 4.71. The Balaban J connectivity index is 4.22. The normalized spacial score (nSPS) is 14.9. The van der Waals surface area contributed by atoms with Crippen LogP contribution in [0, 0.1) is 0 Å². The maximum absolute atomic E-state index is 10.8. The van der Waals surface area contributed by atoms with Gasteiger partial charge >= 0.3 is 0 Å². The number of amides is 2. The second-order valence-electron chi connectivity index (χ2n) is 2.52. The van der Waals surface area contributed by atoms with Crippen LogP contribution in [-0.2, 0) is 14.3 Å². The third-order valence-electron chi connectivity index (χ3n) is 1.51. The average Bonchev–Trinajstić information content (AvgIpc) is 1.98. The van der Waals surface area contributed by atoms with Crippen LogP contribution in [-0.4, -0.2) is 31.1 Å². The lowest BCUT2D eigenvalue weighted by Gasteiger charge is -2.19. The first kappa shape index (κ1) is 10.9. The van der Waals surface area contributed by atoms with Crippen LogP contribution in [0.5, 0.6) is 0 Å². The molecule has 0 heterocycles. The number of primary amides is 1. The highest BCUT2D eigenvalue weighted by atomic mass is 16.5. The third-order valence-corrected chi connectivity index (χ3v) is 1.51. The van der Waals surface area contributed by atoms with E-state index in [9.17, 15) is 9.59 Å². The summed E-state index contributed by atoms with van der Waals surface area (Å²) in [7, 11) is 1.45. The molecule has 0 aliphatic rings. The lowest BCUT2D eigenvalue weighted by Crippen LogP contribution is -2.50. The summed E-state index contributed by atoms with van der Waals surface area (Å²) in [6, 6.07) is -0.757. The van der Waals surface area contributed by atoms with Crippen molar-refractivity contribution in [2.75, 3.05) is 7.11 Å². The molecule has 0 aliphatic carbocycles. The molecule has 2 unspecified atom stereocenters. The standard InChI is InChI=1S/C7H14N2O3/c1-4(12-3)6(7(8)11)9-5(2)10/h4,6H,1-3H3,(H2,8,11)(H,9,10). The number of methoxy groups -OCH3 is 1. The number of hydrogen-bond acceptors (Lipinski definition) is 3. The van der Waals surface area contributed by atoms with Crippen molar-refractivity contribution in [1.29, 1.82) is 0 Å². The number of nitrogens with two attached hydrogens (primary N) is 1. The van der Waals surface area contributed by atoms with Crippen LogP contribution < -0.4 is 11.1 Å². The van der Waals surface area contributed by atoms with Gasteiger partial charge in [0.2, 0.25) is 11.8 Å². The maximum atomic E-state index is 10.8. The van der Waals surface area contributed by atoms with E-state index in [4.69, 9.17) is 10.5 Å². The fraction of sp³-hybridized carbons (Fsp3) is 0.714. The monoisotopic (exact) mass is 174 g/mol. The molecule has 0 aliphatic heterocycles. The summed E-state index contributed by atoms with van der Waals surface area (Å²) in [4.78, 5) is 21.4. The first-order valence-corrected chi connectivity index (χ1v) is 3.58. The van der Waals surface area contributed by atoms with Crippen molar-refractivity contribution in [3.63, 3.8) is 0 Å². The molecule has 0 bridgehead atoms. The Labute approximate surface area is 71.3 Å². The van der Waals surface area contributed by atoms with Gasteiger partial charge in [-0.2, -0.15) is 0 Å². The zero-order chi connectivity index (χ0) is 9.72. The summed E-state index contributed by atoms with van der Waals surface area (Å²) in [5.74, 6) is -0.901. The van der Waals surface area contributed by atoms with E-state index in [0.717, 1.165) is 0 Å². The van der Waals surface area contributed by atoms with Crippen LogP contribution in [0.15, 0.2) is 0 Å². The smallest absolute Gasteiger partial charge is 0.242 e. The van der Waals surface area contributed by atoms with E-state index < -0.39 is 18.1 Å². The van der Waals surface area contributed by atoms with E-state index in [2.05, 4.69) is 5.32 Å². The predicted molar refractivity (Wildman–Crippen MR) is 43.3 cm³/mol. The lowest BCUT2D eigenvalue weighted by atomic mass is 10.1. The molecule has 2 amide bonds. The third kappa shape index (κ3) is 3.34. The summed E-state index contributed by atoms with van der Waals surface area (Å²) in [5, 5.41) is 2.39. The highest BCUT2D eigenvalue weighted by Crippen LogP contribution is 1.96. The zero-order valence-electron chi connectivity index (χ0n) is 7.46. The molecule has 0 saturated heterocycles. The number of carbonyl (C=O) groups is 2. The number of hydrogen-bond donors (Lipinski definition) is 2. The molecule has 0 fully saturated rings. The van der Waals surface area contributed by atoms with Crippen molar-refractivity contribution < 1.29 is 14.3 Å². The van der Waals surface area contributed by atoms with E-state index in [-0.39, 0.29) is 5.91 Å². The van der Waals surface area contributed by atoms with E-state index in [0.29, 0.717) is 0 Å². The Morgan fingerprint density at radius 1 is 1.50 bits per heavy atom. The van der Waals surface area contributed by atoms with Gasteiger partial charge in [-0.1, -0.05) is 0 Å². The first-order valence-electron chi connectivity index (χ1n) is 3.58. The number of rotatable bonds is 4. The summed E-state index contributed by atoms with van der Waals surface area (Å²) in [6.45, 7) is 2.98. The van der Waals surface area contributed by atoms with E-state index in [1.807, 2.05) is 0 Å². The van der Waals surface area contributed by atoms with E-state index in [1.54, 1.807) is 6.92 Å². The van der Waals surface area contributed by atoms with E-state index in [1.165, 1.54) is 14.0 Å². The van der Waals surface area contributed by atoms with Gasteiger partial charge in [0, 0.05) is 14.0 Å². The Morgan fingerprint density at radius 3 is 2.25 bits per heavy atom. The van der Waals surface area contributed by atoms with E-state index >= 15 is 0 Å². The fourth-order valence-electron chi connectivity index (χ4n) is 0.775. The molecule has 0 saturated carbocycles. The fourth-order valence-corrected chi connectivity index (χ4v) is 0.775. The quantitative estimate of drug-likeness (QED) is 0.574. The Bertz CT molecular complexity index is 181. The van der Waals surface area contributed by atoms with Crippen molar-refractivity contribution >= 4 is 11.8 Å². The van der Waals surface area contributed by atoms with Gasteiger partial charge in [0.25, 0.3) is 0 Å². The molecule has 3 N–H and O–H groups in total. The van der Waals surface area contributed by atoms with Crippen molar-refractivity contribution in [1.82, 2.24) is 5.32 Å². The molecule has 0 spiro atoms. The van der Waals surface area contributed by atoms with Gasteiger partial charge in [-0.15, -0.1) is 0 Å². The largest absolute Gasteiger partial charge is 0.379 e. The molecule has 70 valence electrons. The molecule has 0 radical (unpaired) electrons. The number of nitrogens with one attached hydrogen (secondary N) is 1. The minimum Gasteiger partial charge on any atom is -0.379 e. The van der Waals surface area contributed by atoms with Gasteiger partial charge in [0.15, 0.2) is 0 Å². The van der Waals surface area contributed by atoms with Crippen molar-refractivity contribution in [2.24, 2.45) is 5.73 Å². The summed E-state index contributed by atoms with van der Waals surface area (Å²) in [6.07, 6.45) is -0.411. The Kier molecular flexibility index (Phi) is 4.28. The lowest BCUT2D eigenvalue weighted by molar-refractivity contribution is -0.129. The summed E-state index contributed by atoms with van der Waals surface area (Å²) in [5.41, 5.74) is 5.03. The van der Waals surface area contributed by atoms with Gasteiger partial charge in [0.1, 0.15) is 6.04 Å². The Hall–Kier alpha value is -1.10.